The zero-order valence-electron chi connectivity index (χ0n) is 24.2. The first kappa shape index (κ1) is 27.1. The fraction of sp³-hybridized carbons (Fsp3) is 0.677. The molecule has 7 nitrogen and oxygen atoms in total. The van der Waals surface area contributed by atoms with Crippen molar-refractivity contribution in [3.63, 3.8) is 0 Å². The van der Waals surface area contributed by atoms with Crippen molar-refractivity contribution in [2.45, 2.75) is 96.7 Å². The molecular weight excluding hydrogens is 506 g/mol. The molecule has 212 valence electrons. The molecule has 39 heavy (non-hydrogen) atoms. The first-order valence-electron chi connectivity index (χ1n) is 15.3. The predicted octanol–water partition coefficient (Wildman–Crippen LogP) is 5.95. The molecule has 1 aromatic carbocycles. The van der Waals surface area contributed by atoms with Crippen LogP contribution in [0.4, 0.5) is 11.5 Å². The molecule has 2 aliphatic heterocycles. The van der Waals surface area contributed by atoms with Crippen LogP contribution in [0.2, 0.25) is 5.02 Å². The van der Waals surface area contributed by atoms with Crippen LogP contribution in [0.15, 0.2) is 6.07 Å². The Labute approximate surface area is 238 Å². The van der Waals surface area contributed by atoms with Crippen molar-refractivity contribution < 1.29 is 0 Å². The van der Waals surface area contributed by atoms with Crippen LogP contribution < -0.4 is 16.0 Å². The molecule has 3 aliphatic carbocycles. The van der Waals surface area contributed by atoms with Gasteiger partial charge in [0, 0.05) is 73.1 Å². The molecule has 4 N–H and O–H groups in total. The SMILES string of the molecule is CC.Cc1cc(N)c(C=N)c(-c2c(N3CCN(C4CCC4)CC34CCC4)nn(C3CC4(CNC4)C3)c2C)c1Cl. The number of hydrogen-bond acceptors (Lipinski definition) is 6. The van der Waals surface area contributed by atoms with E-state index >= 15 is 0 Å². The number of aromatic nitrogens is 2. The first-order chi connectivity index (χ1) is 18.8. The van der Waals surface area contributed by atoms with E-state index in [0.29, 0.717) is 27.7 Å². The number of hydrogen-bond donors (Lipinski definition) is 3. The van der Waals surface area contributed by atoms with E-state index < -0.39 is 0 Å². The van der Waals surface area contributed by atoms with Gasteiger partial charge in [-0.1, -0.05) is 31.9 Å². The second kappa shape index (κ2) is 10.1. The van der Waals surface area contributed by atoms with Gasteiger partial charge >= 0.3 is 0 Å². The molecule has 0 unspecified atom stereocenters. The number of halogens is 1. The Bertz CT molecular complexity index is 1250. The Kier molecular flexibility index (Phi) is 7.00. The summed E-state index contributed by atoms with van der Waals surface area (Å²) >= 11 is 7.06. The van der Waals surface area contributed by atoms with Crippen molar-refractivity contribution >= 4 is 29.3 Å². The summed E-state index contributed by atoms with van der Waals surface area (Å²) in [6.45, 7) is 13.7. The predicted molar refractivity (Wildman–Crippen MR) is 163 cm³/mol. The summed E-state index contributed by atoms with van der Waals surface area (Å²) in [5.41, 5.74) is 12.5. The number of rotatable bonds is 5. The van der Waals surface area contributed by atoms with E-state index in [1.54, 1.807) is 0 Å². The van der Waals surface area contributed by atoms with E-state index in [1.807, 2.05) is 26.8 Å². The van der Waals surface area contributed by atoms with Gasteiger partial charge < -0.3 is 21.4 Å². The Morgan fingerprint density at radius 3 is 2.33 bits per heavy atom. The van der Waals surface area contributed by atoms with E-state index in [9.17, 15) is 0 Å². The molecule has 0 atom stereocenters. The zero-order valence-corrected chi connectivity index (χ0v) is 25.0. The molecule has 7 rings (SSSR count). The van der Waals surface area contributed by atoms with Crippen molar-refractivity contribution in [2.24, 2.45) is 5.41 Å². The number of piperazine rings is 1. The van der Waals surface area contributed by atoms with E-state index in [4.69, 9.17) is 27.8 Å². The fourth-order valence-corrected chi connectivity index (χ4v) is 8.12. The lowest BCUT2D eigenvalue weighted by Crippen LogP contribution is -2.68. The minimum absolute atomic E-state index is 0.152. The Balaban J connectivity index is 0.00000135. The summed E-state index contributed by atoms with van der Waals surface area (Å²) in [7, 11) is 0. The van der Waals surface area contributed by atoms with Crippen LogP contribution in [0.1, 0.15) is 88.1 Å². The third-order valence-electron chi connectivity index (χ3n) is 10.5. The van der Waals surface area contributed by atoms with Crippen LogP contribution in [0.25, 0.3) is 11.1 Å². The summed E-state index contributed by atoms with van der Waals surface area (Å²) in [6, 6.07) is 3.10. The van der Waals surface area contributed by atoms with Gasteiger partial charge in [0.05, 0.1) is 16.6 Å². The summed E-state index contributed by atoms with van der Waals surface area (Å²) in [4.78, 5) is 5.41. The third-order valence-corrected chi connectivity index (χ3v) is 11.0. The first-order valence-corrected chi connectivity index (χ1v) is 15.6. The fourth-order valence-electron chi connectivity index (χ4n) is 7.87. The summed E-state index contributed by atoms with van der Waals surface area (Å²) in [5.74, 6) is 1.06. The molecule has 2 spiro atoms. The van der Waals surface area contributed by atoms with Crippen LogP contribution in [0, 0.1) is 24.7 Å². The highest BCUT2D eigenvalue weighted by Gasteiger charge is 2.52. The molecule has 0 bridgehead atoms. The van der Waals surface area contributed by atoms with E-state index in [2.05, 4.69) is 26.7 Å². The molecule has 3 saturated carbocycles. The second-order valence-electron chi connectivity index (χ2n) is 12.7. The molecule has 1 aromatic heterocycles. The summed E-state index contributed by atoms with van der Waals surface area (Å²) < 4.78 is 2.31. The van der Waals surface area contributed by atoms with Gasteiger partial charge in [0.2, 0.25) is 0 Å². The maximum absolute atomic E-state index is 8.26. The Hall–Kier alpha value is -2.09. The largest absolute Gasteiger partial charge is 0.398 e. The number of anilines is 2. The lowest BCUT2D eigenvalue weighted by Gasteiger charge is -2.58. The standard InChI is InChI=1S/C29H40ClN7.C2H6/c1-18-11-23(32)22(14-31)25(26(18)30)24-19(2)37(21-12-28(13-21)15-33-16-28)34-27(24)36-10-9-35(20-5-3-6-20)17-29(36)7-4-8-29;1-2/h11,14,20-21,31,33H,3-10,12-13,15-17,32H2,1-2H3;1-2H3. The summed E-state index contributed by atoms with van der Waals surface area (Å²) in [6.07, 6.45) is 11.6. The molecule has 0 radical (unpaired) electrons. The monoisotopic (exact) mass is 551 g/mol. The minimum atomic E-state index is 0.152. The number of benzene rings is 1. The quantitative estimate of drug-likeness (QED) is 0.316. The van der Waals surface area contributed by atoms with Gasteiger partial charge in [-0.25, -0.2) is 0 Å². The molecular formula is C31H46ClN7. The van der Waals surface area contributed by atoms with Gasteiger partial charge in [0.15, 0.2) is 5.82 Å². The number of aryl methyl sites for hydroxylation is 1. The zero-order chi connectivity index (χ0) is 27.5. The van der Waals surface area contributed by atoms with Crippen molar-refractivity contribution in [3.05, 3.63) is 27.9 Å². The van der Waals surface area contributed by atoms with Crippen LogP contribution in [0.3, 0.4) is 0 Å². The van der Waals surface area contributed by atoms with Crippen LogP contribution in [0.5, 0.6) is 0 Å². The molecule has 8 heteroatoms. The van der Waals surface area contributed by atoms with Crippen LogP contribution in [-0.2, 0) is 0 Å². The maximum atomic E-state index is 8.26. The minimum Gasteiger partial charge on any atom is -0.398 e. The van der Waals surface area contributed by atoms with E-state index in [1.165, 1.54) is 57.6 Å². The van der Waals surface area contributed by atoms with Crippen molar-refractivity contribution in [3.8, 4) is 11.1 Å². The van der Waals surface area contributed by atoms with Crippen LogP contribution in [-0.4, -0.2) is 65.2 Å². The van der Waals surface area contributed by atoms with E-state index in [0.717, 1.165) is 67.0 Å². The normalized spacial score (nSPS) is 23.9. The summed E-state index contributed by atoms with van der Waals surface area (Å²) in [5, 5.41) is 17.9. The molecule has 5 fully saturated rings. The lowest BCUT2D eigenvalue weighted by atomic mass is 9.61. The molecule has 2 saturated heterocycles. The number of nitrogens with two attached hydrogens (primary N) is 1. The highest BCUT2D eigenvalue weighted by molar-refractivity contribution is 6.35. The topological polar surface area (TPSA) is 86.2 Å². The molecule has 2 aromatic rings. The highest BCUT2D eigenvalue weighted by atomic mass is 35.5. The second-order valence-corrected chi connectivity index (χ2v) is 13.1. The molecule has 0 amide bonds. The lowest BCUT2D eigenvalue weighted by molar-refractivity contribution is 0.00136. The van der Waals surface area contributed by atoms with Gasteiger partial charge in [0.25, 0.3) is 0 Å². The number of nitrogens with one attached hydrogen (secondary N) is 2. The Morgan fingerprint density at radius 1 is 1.08 bits per heavy atom. The number of nitrogen functional groups attached to an aromatic ring is 1. The van der Waals surface area contributed by atoms with Gasteiger partial charge in [-0.15, -0.1) is 0 Å². The van der Waals surface area contributed by atoms with Gasteiger partial charge in [-0.2, -0.15) is 5.10 Å². The highest BCUT2D eigenvalue weighted by Crippen LogP contribution is 2.54. The van der Waals surface area contributed by atoms with Crippen LogP contribution >= 0.6 is 11.6 Å². The average molecular weight is 552 g/mol. The van der Waals surface area contributed by atoms with Gasteiger partial charge in [-0.3, -0.25) is 9.58 Å². The van der Waals surface area contributed by atoms with Crippen molar-refractivity contribution in [1.82, 2.24) is 20.0 Å². The Morgan fingerprint density at radius 2 is 1.79 bits per heavy atom. The van der Waals surface area contributed by atoms with Gasteiger partial charge in [0.1, 0.15) is 0 Å². The average Bonchev–Trinajstić information content (AvgIpc) is 3.14. The van der Waals surface area contributed by atoms with E-state index in [-0.39, 0.29) is 5.54 Å². The molecule has 3 heterocycles. The smallest absolute Gasteiger partial charge is 0.159 e. The van der Waals surface area contributed by atoms with Crippen molar-refractivity contribution in [2.75, 3.05) is 43.4 Å². The molecule has 5 aliphatic rings. The van der Waals surface area contributed by atoms with Gasteiger partial charge in [-0.05, 0) is 75.8 Å². The number of nitrogens with zero attached hydrogens (tertiary/aromatic N) is 4. The van der Waals surface area contributed by atoms with Crippen molar-refractivity contribution in [1.29, 1.82) is 5.41 Å². The third kappa shape index (κ3) is 4.14. The maximum Gasteiger partial charge on any atom is 0.159 e.